The van der Waals surface area contributed by atoms with E-state index in [0.29, 0.717) is 48.9 Å². The predicted molar refractivity (Wildman–Crippen MR) is 124 cm³/mol. The van der Waals surface area contributed by atoms with Crippen molar-refractivity contribution in [1.82, 2.24) is 9.88 Å². The Kier molecular flexibility index (Phi) is 5.14. The van der Waals surface area contributed by atoms with Gasteiger partial charge < -0.3 is 24.5 Å². The minimum absolute atomic E-state index is 0.234. The number of fused-ring (bicyclic) bond motifs is 1. The highest BCUT2D eigenvalue weighted by Crippen LogP contribution is 2.48. The van der Waals surface area contributed by atoms with Crippen molar-refractivity contribution in [2.75, 3.05) is 20.3 Å². The van der Waals surface area contributed by atoms with Gasteiger partial charge in [0.05, 0.1) is 35.2 Å². The van der Waals surface area contributed by atoms with Crippen LogP contribution >= 0.6 is 11.6 Å². The zero-order valence-corrected chi connectivity index (χ0v) is 19.2. The van der Waals surface area contributed by atoms with Crippen molar-refractivity contribution in [2.24, 2.45) is 7.05 Å². The molecule has 1 aliphatic carbocycles. The number of aromatic nitrogens is 1. The molecule has 2 N–H and O–H groups in total. The summed E-state index contributed by atoms with van der Waals surface area (Å²) >= 11 is 6.47. The number of hydrogen-bond donors (Lipinski definition) is 2. The van der Waals surface area contributed by atoms with Crippen LogP contribution in [0.5, 0.6) is 5.75 Å². The average Bonchev–Trinajstić information content (AvgIpc) is 3.38. The second-order valence-electron chi connectivity index (χ2n) is 8.91. The molecule has 7 nitrogen and oxygen atoms in total. The Hall–Kier alpha value is -3.03. The number of nitrogens with one attached hydrogen (secondary N) is 1. The minimum atomic E-state index is -0.784. The Morgan fingerprint density at radius 2 is 1.82 bits per heavy atom. The van der Waals surface area contributed by atoms with Crippen molar-refractivity contribution < 1.29 is 24.2 Å². The summed E-state index contributed by atoms with van der Waals surface area (Å²) in [4.78, 5) is 25.1. The van der Waals surface area contributed by atoms with Gasteiger partial charge in [-0.1, -0.05) is 35.9 Å². The third-order valence-corrected chi connectivity index (χ3v) is 7.49. The summed E-state index contributed by atoms with van der Waals surface area (Å²) in [5.41, 5.74) is 1.56. The molecule has 1 unspecified atom stereocenters. The van der Waals surface area contributed by atoms with Crippen molar-refractivity contribution in [1.29, 1.82) is 0 Å². The molecule has 1 saturated carbocycles. The number of carboxylic acid groups (broad SMARTS) is 1. The molecule has 1 aromatic heterocycles. The van der Waals surface area contributed by atoms with Crippen LogP contribution in [0.25, 0.3) is 10.9 Å². The number of rotatable bonds is 6. The number of hydrogen-bond acceptors (Lipinski definition) is 4. The molecule has 1 saturated heterocycles. The Morgan fingerprint density at radius 1 is 1.12 bits per heavy atom. The standard InChI is InChI=1S/C25H25ClN2O5/c1-28-18-7-8-20(32-2)21(26)17(18)13-19(28)22(29)27-25(11-12-33-14-25)16-5-3-15(4-6-16)24(9-10-24)23(30)31/h3-8,13H,9-12,14H2,1-2H3,(H,27,29)(H,30,31). The van der Waals surface area contributed by atoms with Gasteiger partial charge in [0.2, 0.25) is 0 Å². The van der Waals surface area contributed by atoms with Crippen LogP contribution in [0.3, 0.4) is 0 Å². The summed E-state index contributed by atoms with van der Waals surface area (Å²) < 4.78 is 12.8. The number of ether oxygens (including phenoxy) is 2. The van der Waals surface area contributed by atoms with E-state index in [2.05, 4.69) is 5.32 Å². The Bertz CT molecular complexity index is 1250. The lowest BCUT2D eigenvalue weighted by molar-refractivity contribution is -0.140. The highest BCUT2D eigenvalue weighted by atomic mass is 35.5. The van der Waals surface area contributed by atoms with Crippen molar-refractivity contribution in [2.45, 2.75) is 30.2 Å². The van der Waals surface area contributed by atoms with Crippen molar-refractivity contribution in [3.63, 3.8) is 0 Å². The van der Waals surface area contributed by atoms with Gasteiger partial charge in [0.1, 0.15) is 11.4 Å². The summed E-state index contributed by atoms with van der Waals surface area (Å²) in [6.45, 7) is 0.875. The van der Waals surface area contributed by atoms with Gasteiger partial charge in [0, 0.05) is 25.5 Å². The number of amides is 1. The number of aryl methyl sites for hydroxylation is 1. The van der Waals surface area contributed by atoms with Gasteiger partial charge in [0.15, 0.2) is 0 Å². The molecule has 33 heavy (non-hydrogen) atoms. The zero-order chi connectivity index (χ0) is 23.4. The molecule has 2 heterocycles. The monoisotopic (exact) mass is 468 g/mol. The first-order valence-electron chi connectivity index (χ1n) is 10.9. The van der Waals surface area contributed by atoms with E-state index < -0.39 is 16.9 Å². The fraction of sp³-hybridized carbons (Fsp3) is 0.360. The van der Waals surface area contributed by atoms with Gasteiger partial charge in [-0.2, -0.15) is 0 Å². The van der Waals surface area contributed by atoms with E-state index in [1.165, 1.54) is 0 Å². The number of aliphatic carboxylic acids is 1. The van der Waals surface area contributed by atoms with Gasteiger partial charge >= 0.3 is 5.97 Å². The molecule has 0 bridgehead atoms. The lowest BCUT2D eigenvalue weighted by Gasteiger charge is -2.30. The largest absolute Gasteiger partial charge is 0.495 e. The topological polar surface area (TPSA) is 89.8 Å². The molecule has 3 aromatic rings. The van der Waals surface area contributed by atoms with Crippen LogP contribution in [0, 0.1) is 0 Å². The molecule has 5 rings (SSSR count). The molecule has 8 heteroatoms. The van der Waals surface area contributed by atoms with Crippen LogP contribution in [0.15, 0.2) is 42.5 Å². The zero-order valence-electron chi connectivity index (χ0n) is 18.5. The maximum absolute atomic E-state index is 13.4. The first kappa shape index (κ1) is 21.8. The number of benzene rings is 2. The van der Waals surface area contributed by atoms with E-state index in [9.17, 15) is 14.7 Å². The molecule has 1 atom stereocenters. The summed E-state index contributed by atoms with van der Waals surface area (Å²) in [6, 6.07) is 13.0. The Balaban J connectivity index is 1.46. The fourth-order valence-electron chi connectivity index (χ4n) is 4.84. The smallest absolute Gasteiger partial charge is 0.314 e. The molecular weight excluding hydrogens is 444 g/mol. The Morgan fingerprint density at radius 3 is 2.39 bits per heavy atom. The van der Waals surface area contributed by atoms with Crippen molar-refractivity contribution in [3.05, 3.63) is 64.3 Å². The fourth-order valence-corrected chi connectivity index (χ4v) is 5.13. The van der Waals surface area contributed by atoms with Crippen LogP contribution in [0.4, 0.5) is 0 Å². The molecule has 1 aliphatic heterocycles. The lowest BCUT2D eigenvalue weighted by atomic mass is 9.86. The molecule has 0 spiro atoms. The number of halogens is 1. The second kappa shape index (κ2) is 7.78. The van der Waals surface area contributed by atoms with E-state index in [0.717, 1.165) is 22.0 Å². The minimum Gasteiger partial charge on any atom is -0.495 e. The third-order valence-electron chi connectivity index (χ3n) is 7.10. The first-order chi connectivity index (χ1) is 15.8. The highest BCUT2D eigenvalue weighted by molar-refractivity contribution is 6.37. The molecular formula is C25H25ClN2O5. The molecule has 172 valence electrons. The van der Waals surface area contributed by atoms with Gasteiger partial charge in [-0.15, -0.1) is 0 Å². The summed E-state index contributed by atoms with van der Waals surface area (Å²) in [6.07, 6.45) is 1.93. The summed E-state index contributed by atoms with van der Waals surface area (Å²) in [5, 5.41) is 14.0. The number of carbonyl (C=O) groups is 2. The van der Waals surface area contributed by atoms with Crippen LogP contribution in [0.2, 0.25) is 5.02 Å². The van der Waals surface area contributed by atoms with Gasteiger partial charge in [0.25, 0.3) is 5.91 Å². The normalized spacial score (nSPS) is 21.2. The van der Waals surface area contributed by atoms with Crippen LogP contribution in [0.1, 0.15) is 40.9 Å². The van der Waals surface area contributed by atoms with E-state index in [1.54, 1.807) is 19.2 Å². The molecule has 2 fully saturated rings. The van der Waals surface area contributed by atoms with Gasteiger partial charge in [-0.3, -0.25) is 9.59 Å². The maximum atomic E-state index is 13.4. The van der Waals surface area contributed by atoms with E-state index in [-0.39, 0.29) is 5.91 Å². The lowest BCUT2D eigenvalue weighted by Crippen LogP contribution is -2.47. The number of carbonyl (C=O) groups excluding carboxylic acids is 1. The van der Waals surface area contributed by atoms with Gasteiger partial charge in [-0.05, 0) is 42.2 Å². The molecule has 2 aliphatic rings. The predicted octanol–water partition coefficient (Wildman–Crippen LogP) is 4.00. The number of carboxylic acids is 1. The number of methoxy groups -OCH3 is 1. The van der Waals surface area contributed by atoms with E-state index in [1.807, 2.05) is 41.9 Å². The summed E-state index contributed by atoms with van der Waals surface area (Å²) in [5.74, 6) is -0.465. The maximum Gasteiger partial charge on any atom is 0.314 e. The van der Waals surface area contributed by atoms with Crippen molar-refractivity contribution in [3.8, 4) is 5.75 Å². The number of nitrogens with zero attached hydrogens (tertiary/aromatic N) is 1. The summed E-state index contributed by atoms with van der Waals surface area (Å²) in [7, 11) is 3.38. The molecule has 0 radical (unpaired) electrons. The SMILES string of the molecule is COc1ccc2c(cc(C(=O)NC3(c4ccc(C5(C(=O)O)CC5)cc4)CCOC3)n2C)c1Cl. The first-order valence-corrected chi connectivity index (χ1v) is 11.3. The molecule has 2 aromatic carbocycles. The van der Waals surface area contributed by atoms with Crippen LogP contribution in [-0.4, -0.2) is 41.9 Å². The van der Waals surface area contributed by atoms with Crippen LogP contribution < -0.4 is 10.1 Å². The van der Waals surface area contributed by atoms with E-state index in [4.69, 9.17) is 21.1 Å². The quantitative estimate of drug-likeness (QED) is 0.570. The third kappa shape index (κ3) is 3.38. The van der Waals surface area contributed by atoms with E-state index >= 15 is 0 Å². The van der Waals surface area contributed by atoms with Crippen LogP contribution in [-0.2, 0) is 27.5 Å². The highest BCUT2D eigenvalue weighted by Gasteiger charge is 2.52. The van der Waals surface area contributed by atoms with Gasteiger partial charge in [-0.25, -0.2) is 0 Å². The van der Waals surface area contributed by atoms with Crippen molar-refractivity contribution >= 4 is 34.4 Å². The molecule has 1 amide bonds. The average molecular weight is 469 g/mol. The second-order valence-corrected chi connectivity index (χ2v) is 9.28. The Labute approximate surface area is 196 Å².